The van der Waals surface area contributed by atoms with Crippen LogP contribution in [0.3, 0.4) is 0 Å². The normalized spacial score (nSPS) is 9.69. The average molecular weight is 313 g/mol. The van der Waals surface area contributed by atoms with Gasteiger partial charge in [-0.3, -0.25) is 10.1 Å². The molecule has 0 aliphatic heterocycles. The molecule has 13 heavy (non-hydrogen) atoms. The molecule has 0 saturated heterocycles. The van der Waals surface area contributed by atoms with Gasteiger partial charge in [-0.25, -0.2) is 4.79 Å². The van der Waals surface area contributed by atoms with Crippen molar-refractivity contribution in [3.05, 3.63) is 24.6 Å². The number of hydrogen-bond donors (Lipinski definition) is 0. The molecule has 0 fully saturated rings. The van der Waals surface area contributed by atoms with E-state index in [1.165, 1.54) is 13.2 Å². The summed E-state index contributed by atoms with van der Waals surface area (Å²) in [5, 5.41) is 10.3. The smallest absolute Gasteiger partial charge is 0.340 e. The monoisotopic (exact) mass is 313 g/mol. The van der Waals surface area contributed by atoms with Crippen LogP contribution in [0.1, 0.15) is 10.4 Å². The molecule has 0 radical (unpaired) electrons. The zero-order chi connectivity index (χ0) is 10.0. The van der Waals surface area contributed by atoms with E-state index in [0.717, 1.165) is 11.3 Å². The van der Waals surface area contributed by atoms with Gasteiger partial charge < -0.3 is 4.74 Å². The van der Waals surface area contributed by atoms with Crippen molar-refractivity contribution in [1.82, 2.24) is 0 Å². The van der Waals surface area contributed by atoms with Crippen LogP contribution in [-0.2, 0) is 4.74 Å². The van der Waals surface area contributed by atoms with Crippen LogP contribution in [0.2, 0.25) is 0 Å². The summed E-state index contributed by atoms with van der Waals surface area (Å²) in [7, 11) is 1.24. The fourth-order valence-electron chi connectivity index (χ4n) is 0.696. The maximum absolute atomic E-state index is 11.0. The van der Waals surface area contributed by atoms with Crippen LogP contribution in [0, 0.1) is 13.0 Å². The van der Waals surface area contributed by atoms with E-state index >= 15 is 0 Å². The Labute approximate surface area is 91.0 Å². The molecule has 1 aromatic rings. The van der Waals surface area contributed by atoms with Crippen LogP contribution in [0.4, 0.5) is 5.00 Å². The van der Waals surface area contributed by atoms with Crippen LogP contribution < -0.4 is 0 Å². The molecule has 0 aliphatic carbocycles. The average Bonchev–Trinajstić information content (AvgIpc) is 2.46. The highest BCUT2D eigenvalue weighted by Gasteiger charge is 2.20. The topological polar surface area (TPSA) is 69.4 Å². The number of rotatable bonds is 2. The van der Waals surface area contributed by atoms with E-state index in [9.17, 15) is 14.9 Å². The molecule has 0 amide bonds. The van der Waals surface area contributed by atoms with Crippen molar-refractivity contribution in [1.29, 1.82) is 0 Å². The highest BCUT2D eigenvalue weighted by atomic mass is 127. The van der Waals surface area contributed by atoms with E-state index in [1.54, 1.807) is 0 Å². The SMILES string of the molecule is COC(=O)c1cc([N+](=O)[O-])sc1I. The van der Waals surface area contributed by atoms with E-state index in [1.807, 2.05) is 22.6 Å². The molecule has 0 aromatic carbocycles. The summed E-state index contributed by atoms with van der Waals surface area (Å²) < 4.78 is 5.02. The predicted octanol–water partition coefficient (Wildman–Crippen LogP) is 2.05. The molecule has 0 N–H and O–H groups in total. The van der Waals surface area contributed by atoms with Crippen molar-refractivity contribution in [3.63, 3.8) is 0 Å². The van der Waals surface area contributed by atoms with Crippen molar-refractivity contribution < 1.29 is 14.5 Å². The van der Waals surface area contributed by atoms with Crippen LogP contribution in [0.15, 0.2) is 6.07 Å². The van der Waals surface area contributed by atoms with Gasteiger partial charge in [0.15, 0.2) is 0 Å². The maximum atomic E-state index is 11.0. The van der Waals surface area contributed by atoms with Gasteiger partial charge >= 0.3 is 11.0 Å². The first-order chi connectivity index (χ1) is 6.06. The third-order valence-corrected chi connectivity index (χ3v) is 3.38. The summed E-state index contributed by atoms with van der Waals surface area (Å²) in [5.41, 5.74) is 0.250. The number of thiophene rings is 1. The van der Waals surface area contributed by atoms with E-state index in [4.69, 9.17) is 0 Å². The maximum Gasteiger partial charge on any atom is 0.340 e. The van der Waals surface area contributed by atoms with Crippen molar-refractivity contribution >= 4 is 44.9 Å². The van der Waals surface area contributed by atoms with Gasteiger partial charge in [0.1, 0.15) is 0 Å². The summed E-state index contributed by atoms with van der Waals surface area (Å²) >= 11 is 2.82. The fourth-order valence-corrected chi connectivity index (χ4v) is 2.44. The zero-order valence-corrected chi connectivity index (χ0v) is 9.42. The van der Waals surface area contributed by atoms with Crippen LogP contribution in [0.25, 0.3) is 0 Å². The third-order valence-electron chi connectivity index (χ3n) is 1.26. The van der Waals surface area contributed by atoms with Crippen LogP contribution in [0.5, 0.6) is 0 Å². The van der Waals surface area contributed by atoms with E-state index in [-0.39, 0.29) is 10.6 Å². The lowest BCUT2D eigenvalue weighted by Crippen LogP contribution is -2.00. The first kappa shape index (κ1) is 10.4. The molecule has 0 spiro atoms. The van der Waals surface area contributed by atoms with E-state index in [0.29, 0.717) is 2.88 Å². The molecule has 0 aliphatic rings. The summed E-state index contributed by atoms with van der Waals surface area (Å²) in [6.07, 6.45) is 0. The Morgan fingerprint density at radius 3 is 2.77 bits per heavy atom. The van der Waals surface area contributed by atoms with E-state index < -0.39 is 10.9 Å². The number of hydrogen-bond acceptors (Lipinski definition) is 5. The minimum Gasteiger partial charge on any atom is -0.465 e. The Kier molecular flexibility index (Phi) is 3.20. The number of carbonyl (C=O) groups is 1. The van der Waals surface area contributed by atoms with Crippen molar-refractivity contribution in [3.8, 4) is 0 Å². The lowest BCUT2D eigenvalue weighted by atomic mass is 10.3. The summed E-state index contributed by atoms with van der Waals surface area (Å²) in [5.74, 6) is -0.547. The minimum atomic E-state index is -0.547. The second-order valence-corrected chi connectivity index (χ2v) is 4.86. The summed E-state index contributed by atoms with van der Waals surface area (Å²) in [6.45, 7) is 0. The molecule has 70 valence electrons. The molecule has 0 bridgehead atoms. The fraction of sp³-hybridized carbons (Fsp3) is 0.167. The number of carbonyl (C=O) groups excluding carboxylic acids is 1. The second-order valence-electron chi connectivity index (χ2n) is 2.02. The number of methoxy groups -OCH3 is 1. The zero-order valence-electron chi connectivity index (χ0n) is 6.44. The molecule has 5 nitrogen and oxygen atoms in total. The van der Waals surface area contributed by atoms with Gasteiger partial charge in [0, 0.05) is 6.07 Å². The third kappa shape index (κ3) is 2.15. The lowest BCUT2D eigenvalue weighted by Gasteiger charge is -1.93. The highest BCUT2D eigenvalue weighted by molar-refractivity contribution is 14.1. The van der Waals surface area contributed by atoms with Gasteiger partial charge in [0.2, 0.25) is 0 Å². The van der Waals surface area contributed by atoms with Gasteiger partial charge in [-0.15, -0.1) is 0 Å². The molecule has 1 aromatic heterocycles. The van der Waals surface area contributed by atoms with Gasteiger partial charge in [0.25, 0.3) is 0 Å². The minimum absolute atomic E-state index is 0.0511. The van der Waals surface area contributed by atoms with Crippen molar-refractivity contribution in [2.24, 2.45) is 0 Å². The summed E-state index contributed by atoms with van der Waals surface area (Å²) in [4.78, 5) is 20.8. The van der Waals surface area contributed by atoms with Gasteiger partial charge in [0.05, 0.1) is 20.5 Å². The number of nitro groups is 1. The van der Waals surface area contributed by atoms with Crippen molar-refractivity contribution in [2.75, 3.05) is 7.11 Å². The molecule has 7 heteroatoms. The van der Waals surface area contributed by atoms with Crippen LogP contribution in [-0.4, -0.2) is 18.0 Å². The molecule has 1 rings (SSSR count). The Hall–Kier alpha value is -0.700. The highest BCUT2D eigenvalue weighted by Crippen LogP contribution is 2.30. The molecular formula is C6H4INO4S. The van der Waals surface area contributed by atoms with E-state index in [2.05, 4.69) is 4.74 Å². The molecule has 1 heterocycles. The Balaban J connectivity index is 3.10. The number of halogens is 1. The second kappa shape index (κ2) is 4.01. The molecule has 0 saturated carbocycles. The first-order valence-electron chi connectivity index (χ1n) is 3.08. The van der Waals surface area contributed by atoms with Gasteiger partial charge in [-0.2, -0.15) is 0 Å². The lowest BCUT2D eigenvalue weighted by molar-refractivity contribution is -0.380. The Bertz CT molecular complexity index is 362. The van der Waals surface area contributed by atoms with Crippen molar-refractivity contribution in [2.45, 2.75) is 0 Å². The molecule has 0 atom stereocenters. The first-order valence-corrected chi connectivity index (χ1v) is 4.98. The standard InChI is InChI=1S/C6H4INO4S/c1-12-6(9)3-2-4(8(10)11)13-5(3)7/h2H,1H3. The molecular weight excluding hydrogens is 309 g/mol. The number of nitrogens with zero attached hydrogens (tertiary/aromatic N) is 1. The van der Waals surface area contributed by atoms with Crippen LogP contribution >= 0.6 is 33.9 Å². The largest absolute Gasteiger partial charge is 0.465 e. The quantitative estimate of drug-likeness (QED) is 0.363. The van der Waals surface area contributed by atoms with Gasteiger partial charge in [-0.1, -0.05) is 11.3 Å². The Morgan fingerprint density at radius 2 is 2.38 bits per heavy atom. The predicted molar refractivity (Wildman–Crippen MR) is 55.0 cm³/mol. The Morgan fingerprint density at radius 1 is 1.77 bits per heavy atom. The summed E-state index contributed by atoms with van der Waals surface area (Å²) in [6, 6.07) is 1.22. The van der Waals surface area contributed by atoms with Gasteiger partial charge in [-0.05, 0) is 22.6 Å². The number of ether oxygens (including phenoxy) is 1. The number of esters is 1. The molecule has 0 unspecified atom stereocenters.